The van der Waals surface area contributed by atoms with Crippen LogP contribution in [0.25, 0.3) is 0 Å². The first-order chi connectivity index (χ1) is 9.58. The summed E-state index contributed by atoms with van der Waals surface area (Å²) >= 11 is 0. The first-order valence-electron chi connectivity index (χ1n) is 8.10. The fraction of sp³-hybridized carbons (Fsp3) is 0.812. The van der Waals surface area contributed by atoms with Crippen molar-refractivity contribution < 1.29 is 0 Å². The van der Waals surface area contributed by atoms with E-state index in [0.29, 0.717) is 6.04 Å². The molecular weight excluding hydrogens is 248 g/mol. The van der Waals surface area contributed by atoms with E-state index in [2.05, 4.69) is 47.8 Å². The summed E-state index contributed by atoms with van der Waals surface area (Å²) in [6.45, 7) is 9.02. The van der Waals surface area contributed by atoms with Crippen molar-refractivity contribution in [1.29, 1.82) is 0 Å². The molecule has 112 valence electrons. The molecule has 2 unspecified atom stereocenters. The fourth-order valence-electron chi connectivity index (χ4n) is 3.42. The van der Waals surface area contributed by atoms with E-state index in [4.69, 9.17) is 0 Å². The fourth-order valence-corrected chi connectivity index (χ4v) is 3.42. The third kappa shape index (κ3) is 2.58. The monoisotopic (exact) mass is 276 g/mol. The van der Waals surface area contributed by atoms with Gasteiger partial charge in [-0.25, -0.2) is 0 Å². The predicted molar refractivity (Wildman–Crippen MR) is 83.0 cm³/mol. The zero-order valence-electron chi connectivity index (χ0n) is 13.3. The summed E-state index contributed by atoms with van der Waals surface area (Å²) in [6.07, 6.45) is 5.33. The quantitative estimate of drug-likeness (QED) is 0.917. The van der Waals surface area contributed by atoms with Gasteiger partial charge in [0.25, 0.3) is 0 Å². The molecule has 2 fully saturated rings. The average molecular weight is 276 g/mol. The molecule has 1 aliphatic carbocycles. The van der Waals surface area contributed by atoms with Gasteiger partial charge in [0, 0.05) is 37.8 Å². The lowest BCUT2D eigenvalue weighted by Gasteiger charge is -2.40. The number of aromatic nitrogens is 2. The van der Waals surface area contributed by atoms with Crippen LogP contribution in [-0.2, 0) is 13.6 Å². The zero-order chi connectivity index (χ0) is 14.3. The van der Waals surface area contributed by atoms with Crippen LogP contribution in [0.4, 0.5) is 5.82 Å². The van der Waals surface area contributed by atoms with Crippen molar-refractivity contribution >= 4 is 5.82 Å². The number of hydrogen-bond acceptors (Lipinski definition) is 3. The van der Waals surface area contributed by atoms with Crippen LogP contribution in [-0.4, -0.2) is 28.4 Å². The average Bonchev–Trinajstić information content (AvgIpc) is 3.18. The predicted octanol–water partition coefficient (Wildman–Crippen LogP) is 2.61. The van der Waals surface area contributed by atoms with Crippen molar-refractivity contribution in [3.05, 3.63) is 11.3 Å². The van der Waals surface area contributed by atoms with Crippen LogP contribution >= 0.6 is 0 Å². The molecule has 1 aromatic rings. The molecule has 4 nitrogen and oxygen atoms in total. The molecule has 0 amide bonds. The maximum absolute atomic E-state index is 4.68. The molecule has 1 saturated carbocycles. The molecule has 1 saturated heterocycles. The lowest BCUT2D eigenvalue weighted by atomic mass is 9.92. The molecule has 20 heavy (non-hydrogen) atoms. The maximum atomic E-state index is 4.68. The summed E-state index contributed by atoms with van der Waals surface area (Å²) in [6, 6.07) is 1.36. The van der Waals surface area contributed by atoms with Crippen LogP contribution in [0, 0.1) is 12.8 Å². The number of nitrogens with zero attached hydrogens (tertiary/aromatic N) is 3. The number of piperidine rings is 1. The molecule has 2 heterocycles. The molecule has 0 spiro atoms. The van der Waals surface area contributed by atoms with E-state index in [1.807, 2.05) is 0 Å². The van der Waals surface area contributed by atoms with Gasteiger partial charge < -0.3 is 10.2 Å². The van der Waals surface area contributed by atoms with Crippen molar-refractivity contribution in [1.82, 2.24) is 15.1 Å². The maximum Gasteiger partial charge on any atom is 0.131 e. The van der Waals surface area contributed by atoms with Crippen molar-refractivity contribution in [3.8, 4) is 0 Å². The Morgan fingerprint density at radius 2 is 2.00 bits per heavy atom. The molecular formula is C16H28N4. The molecule has 3 rings (SSSR count). The van der Waals surface area contributed by atoms with Gasteiger partial charge in [-0.3, -0.25) is 4.68 Å². The van der Waals surface area contributed by atoms with Crippen LogP contribution in [0.1, 0.15) is 50.8 Å². The second-order valence-corrected chi connectivity index (χ2v) is 6.72. The van der Waals surface area contributed by atoms with Crippen LogP contribution in [0.2, 0.25) is 0 Å². The van der Waals surface area contributed by atoms with Gasteiger partial charge >= 0.3 is 0 Å². The highest BCUT2D eigenvalue weighted by Crippen LogP contribution is 2.32. The zero-order valence-corrected chi connectivity index (χ0v) is 13.3. The molecule has 0 aromatic carbocycles. The van der Waals surface area contributed by atoms with E-state index < -0.39 is 0 Å². The van der Waals surface area contributed by atoms with Crippen molar-refractivity contribution in [2.75, 3.05) is 11.4 Å². The highest BCUT2D eigenvalue weighted by Gasteiger charge is 2.30. The van der Waals surface area contributed by atoms with Gasteiger partial charge in [0.2, 0.25) is 0 Å². The SMILES string of the molecule is Cc1nn(C)c(N2CCCC(C)C2C)c1CNC1CC1. The second kappa shape index (κ2) is 5.40. The molecule has 0 radical (unpaired) electrons. The topological polar surface area (TPSA) is 33.1 Å². The largest absolute Gasteiger partial charge is 0.354 e. The second-order valence-electron chi connectivity index (χ2n) is 6.72. The molecule has 1 aromatic heterocycles. The number of hydrogen-bond donors (Lipinski definition) is 1. The Hall–Kier alpha value is -1.03. The van der Waals surface area contributed by atoms with Crippen LogP contribution < -0.4 is 10.2 Å². The Labute approximate surface area is 122 Å². The van der Waals surface area contributed by atoms with Gasteiger partial charge in [0.15, 0.2) is 0 Å². The minimum Gasteiger partial charge on any atom is -0.354 e. The Balaban J connectivity index is 1.86. The van der Waals surface area contributed by atoms with Gasteiger partial charge in [-0.15, -0.1) is 0 Å². The van der Waals surface area contributed by atoms with Gasteiger partial charge in [0.05, 0.1) is 5.69 Å². The van der Waals surface area contributed by atoms with Crippen LogP contribution in [0.15, 0.2) is 0 Å². The Morgan fingerprint density at radius 1 is 1.25 bits per heavy atom. The van der Waals surface area contributed by atoms with Gasteiger partial charge in [-0.1, -0.05) is 6.92 Å². The number of anilines is 1. The Kier molecular flexibility index (Phi) is 3.76. The molecule has 1 N–H and O–H groups in total. The third-order valence-corrected chi connectivity index (χ3v) is 5.10. The van der Waals surface area contributed by atoms with E-state index in [-0.39, 0.29) is 0 Å². The van der Waals surface area contributed by atoms with Crippen molar-refractivity contribution in [2.45, 2.75) is 65.1 Å². The molecule has 2 aliphatic rings. The third-order valence-electron chi connectivity index (χ3n) is 5.10. The van der Waals surface area contributed by atoms with Crippen LogP contribution in [0.5, 0.6) is 0 Å². The summed E-state index contributed by atoms with van der Waals surface area (Å²) in [5, 5.41) is 8.33. The summed E-state index contributed by atoms with van der Waals surface area (Å²) in [5.41, 5.74) is 2.58. The summed E-state index contributed by atoms with van der Waals surface area (Å²) in [5.74, 6) is 2.11. The highest BCUT2D eigenvalue weighted by molar-refractivity contribution is 5.51. The Bertz CT molecular complexity index is 475. The van der Waals surface area contributed by atoms with Gasteiger partial charge in [-0.2, -0.15) is 5.10 Å². The minimum absolute atomic E-state index is 0.609. The van der Waals surface area contributed by atoms with E-state index in [9.17, 15) is 0 Å². The number of rotatable bonds is 4. The number of aryl methyl sites for hydroxylation is 2. The first-order valence-corrected chi connectivity index (χ1v) is 8.10. The minimum atomic E-state index is 0.609. The molecule has 2 atom stereocenters. The standard InChI is InChI=1S/C16H28N4/c1-11-6-5-9-20(13(11)3)16-15(10-17-14-7-8-14)12(2)18-19(16)4/h11,13-14,17H,5-10H2,1-4H3. The van der Waals surface area contributed by atoms with Crippen molar-refractivity contribution in [2.24, 2.45) is 13.0 Å². The van der Waals surface area contributed by atoms with Crippen molar-refractivity contribution in [3.63, 3.8) is 0 Å². The summed E-state index contributed by atoms with van der Waals surface area (Å²) in [4.78, 5) is 2.58. The van der Waals surface area contributed by atoms with E-state index >= 15 is 0 Å². The van der Waals surface area contributed by atoms with E-state index in [0.717, 1.165) is 18.5 Å². The van der Waals surface area contributed by atoms with Crippen LogP contribution in [0.3, 0.4) is 0 Å². The lowest BCUT2D eigenvalue weighted by molar-refractivity contribution is 0.358. The van der Waals surface area contributed by atoms with Gasteiger partial charge in [0.1, 0.15) is 5.82 Å². The summed E-state index contributed by atoms with van der Waals surface area (Å²) in [7, 11) is 2.09. The number of nitrogens with one attached hydrogen (secondary N) is 1. The van der Waals surface area contributed by atoms with Gasteiger partial charge in [-0.05, 0) is 45.4 Å². The molecule has 0 bridgehead atoms. The molecule has 4 heteroatoms. The highest BCUT2D eigenvalue weighted by atomic mass is 15.4. The Morgan fingerprint density at radius 3 is 2.70 bits per heavy atom. The smallest absolute Gasteiger partial charge is 0.131 e. The van der Waals surface area contributed by atoms with E-state index in [1.165, 1.54) is 49.3 Å². The lowest BCUT2D eigenvalue weighted by Crippen LogP contribution is -2.44. The molecule has 1 aliphatic heterocycles. The van der Waals surface area contributed by atoms with E-state index in [1.54, 1.807) is 0 Å². The summed E-state index contributed by atoms with van der Waals surface area (Å²) < 4.78 is 2.09. The first kappa shape index (κ1) is 13.9. The normalized spacial score (nSPS) is 27.1.